The standard InChI is InChI=1S/C25H20N4O3/c1-14(30)15-2-4-16(5-3-15)22-21(17-10-12-20(26)13-11-17)28-23(24(27)29-22)18-6-8-19(9-7-18)25(31)32/h2-13H,26H2,1H3,(H2,27,29)(H,31,32). The molecular formula is C25H20N4O3. The number of hydrogen-bond donors (Lipinski definition) is 3. The van der Waals surface area contributed by atoms with Gasteiger partial charge in [-0.2, -0.15) is 0 Å². The Balaban J connectivity index is 1.89. The Morgan fingerprint density at radius 1 is 0.656 bits per heavy atom. The Hall–Kier alpha value is -4.52. The minimum Gasteiger partial charge on any atom is -0.478 e. The lowest BCUT2D eigenvalue weighted by molar-refractivity contribution is 0.0696. The zero-order valence-corrected chi connectivity index (χ0v) is 17.2. The molecule has 0 aliphatic carbocycles. The number of carboxylic acids is 1. The Kier molecular flexibility index (Phi) is 5.39. The maximum absolute atomic E-state index is 11.6. The quantitative estimate of drug-likeness (QED) is 0.316. The van der Waals surface area contributed by atoms with Crippen LogP contribution in [0.2, 0.25) is 0 Å². The van der Waals surface area contributed by atoms with Crippen LogP contribution in [-0.2, 0) is 0 Å². The van der Waals surface area contributed by atoms with Crippen molar-refractivity contribution in [2.45, 2.75) is 6.92 Å². The van der Waals surface area contributed by atoms with Crippen LogP contribution in [0.15, 0.2) is 72.8 Å². The molecule has 4 rings (SSSR count). The average molecular weight is 424 g/mol. The van der Waals surface area contributed by atoms with Crippen LogP contribution in [0.4, 0.5) is 11.5 Å². The van der Waals surface area contributed by atoms with E-state index in [4.69, 9.17) is 21.6 Å². The first-order valence-corrected chi connectivity index (χ1v) is 9.82. The number of benzene rings is 3. The molecule has 5 N–H and O–H groups in total. The lowest BCUT2D eigenvalue weighted by Gasteiger charge is -2.14. The summed E-state index contributed by atoms with van der Waals surface area (Å²) >= 11 is 0. The van der Waals surface area contributed by atoms with Crippen molar-refractivity contribution in [3.05, 3.63) is 83.9 Å². The number of Topliss-reactive ketones (excluding diaryl/α,β-unsaturated/α-hetero) is 1. The molecule has 0 saturated carbocycles. The zero-order chi connectivity index (χ0) is 22.8. The molecule has 0 radical (unpaired) electrons. The third-order valence-electron chi connectivity index (χ3n) is 5.08. The lowest BCUT2D eigenvalue weighted by atomic mass is 10.0. The number of nitrogen functional groups attached to an aromatic ring is 2. The second kappa shape index (κ2) is 8.31. The molecule has 7 heteroatoms. The SMILES string of the molecule is CC(=O)c1ccc(-c2nc(N)c(-c3ccc(C(=O)O)cc3)nc2-c2ccc(N)cc2)cc1. The van der Waals surface area contributed by atoms with Gasteiger partial charge in [0.1, 0.15) is 5.69 Å². The van der Waals surface area contributed by atoms with E-state index in [9.17, 15) is 9.59 Å². The molecule has 1 heterocycles. The van der Waals surface area contributed by atoms with Crippen molar-refractivity contribution < 1.29 is 14.7 Å². The number of anilines is 2. The van der Waals surface area contributed by atoms with Gasteiger partial charge < -0.3 is 16.6 Å². The largest absolute Gasteiger partial charge is 0.478 e. The smallest absolute Gasteiger partial charge is 0.335 e. The van der Waals surface area contributed by atoms with Gasteiger partial charge in [-0.1, -0.05) is 48.5 Å². The fourth-order valence-electron chi connectivity index (χ4n) is 3.34. The van der Waals surface area contributed by atoms with Crippen molar-refractivity contribution in [2.24, 2.45) is 0 Å². The normalized spacial score (nSPS) is 10.7. The number of carbonyl (C=O) groups is 2. The minimum absolute atomic E-state index is 0.0268. The average Bonchev–Trinajstić information content (AvgIpc) is 2.79. The lowest BCUT2D eigenvalue weighted by Crippen LogP contribution is -2.03. The van der Waals surface area contributed by atoms with E-state index in [0.717, 1.165) is 11.1 Å². The van der Waals surface area contributed by atoms with Gasteiger partial charge in [-0.25, -0.2) is 14.8 Å². The highest BCUT2D eigenvalue weighted by molar-refractivity contribution is 5.95. The first-order valence-electron chi connectivity index (χ1n) is 9.82. The van der Waals surface area contributed by atoms with Gasteiger partial charge in [-0.05, 0) is 31.2 Å². The highest BCUT2D eigenvalue weighted by Gasteiger charge is 2.17. The van der Waals surface area contributed by atoms with Gasteiger partial charge in [-0.15, -0.1) is 0 Å². The molecule has 0 aliphatic heterocycles. The van der Waals surface area contributed by atoms with Gasteiger partial charge in [-0.3, -0.25) is 4.79 Å². The molecule has 0 amide bonds. The van der Waals surface area contributed by atoms with Gasteiger partial charge in [0.05, 0.1) is 17.0 Å². The third kappa shape index (κ3) is 4.04. The molecule has 158 valence electrons. The Labute approximate surface area is 184 Å². The predicted molar refractivity (Wildman–Crippen MR) is 124 cm³/mol. The van der Waals surface area contributed by atoms with Gasteiger partial charge in [0.25, 0.3) is 0 Å². The van der Waals surface area contributed by atoms with Crippen molar-refractivity contribution in [3.63, 3.8) is 0 Å². The van der Waals surface area contributed by atoms with E-state index < -0.39 is 5.97 Å². The van der Waals surface area contributed by atoms with E-state index >= 15 is 0 Å². The van der Waals surface area contributed by atoms with E-state index in [1.165, 1.54) is 19.1 Å². The number of carbonyl (C=O) groups excluding carboxylic acids is 1. The summed E-state index contributed by atoms with van der Waals surface area (Å²) in [5.41, 5.74) is 17.3. The summed E-state index contributed by atoms with van der Waals surface area (Å²) in [6.07, 6.45) is 0. The highest BCUT2D eigenvalue weighted by atomic mass is 16.4. The monoisotopic (exact) mass is 424 g/mol. The fourth-order valence-corrected chi connectivity index (χ4v) is 3.34. The van der Waals surface area contributed by atoms with Gasteiger partial charge in [0, 0.05) is 27.9 Å². The fraction of sp³-hybridized carbons (Fsp3) is 0.0400. The van der Waals surface area contributed by atoms with Gasteiger partial charge in [0.15, 0.2) is 11.6 Å². The topological polar surface area (TPSA) is 132 Å². The molecular weight excluding hydrogens is 404 g/mol. The summed E-state index contributed by atoms with van der Waals surface area (Å²) in [5, 5.41) is 9.15. The molecule has 1 aromatic heterocycles. The molecule has 7 nitrogen and oxygen atoms in total. The summed E-state index contributed by atoms with van der Waals surface area (Å²) in [6, 6.07) is 20.6. The maximum atomic E-state index is 11.6. The summed E-state index contributed by atoms with van der Waals surface area (Å²) in [7, 11) is 0. The Bertz CT molecular complexity index is 1310. The van der Waals surface area contributed by atoms with Crippen molar-refractivity contribution in [1.82, 2.24) is 9.97 Å². The summed E-state index contributed by atoms with van der Waals surface area (Å²) in [4.78, 5) is 32.2. The Morgan fingerprint density at radius 3 is 1.59 bits per heavy atom. The third-order valence-corrected chi connectivity index (χ3v) is 5.08. The number of aromatic carboxylic acids is 1. The van der Waals surface area contributed by atoms with Gasteiger partial charge >= 0.3 is 5.97 Å². The van der Waals surface area contributed by atoms with Crippen LogP contribution < -0.4 is 11.5 Å². The van der Waals surface area contributed by atoms with Crippen LogP contribution in [0.3, 0.4) is 0 Å². The van der Waals surface area contributed by atoms with E-state index in [1.807, 2.05) is 24.3 Å². The summed E-state index contributed by atoms with van der Waals surface area (Å²) in [6.45, 7) is 1.51. The number of hydrogen-bond acceptors (Lipinski definition) is 6. The van der Waals surface area contributed by atoms with Crippen LogP contribution in [0.5, 0.6) is 0 Å². The maximum Gasteiger partial charge on any atom is 0.335 e. The van der Waals surface area contributed by atoms with Gasteiger partial charge in [0.2, 0.25) is 0 Å². The first kappa shape index (κ1) is 20.7. The van der Waals surface area contributed by atoms with E-state index in [1.54, 1.807) is 36.4 Å². The van der Waals surface area contributed by atoms with Crippen molar-refractivity contribution in [1.29, 1.82) is 0 Å². The molecule has 0 saturated heterocycles. The number of carboxylic acid groups (broad SMARTS) is 1. The zero-order valence-electron chi connectivity index (χ0n) is 17.2. The molecule has 0 aliphatic rings. The van der Waals surface area contributed by atoms with E-state index in [2.05, 4.69) is 4.98 Å². The summed E-state index contributed by atoms with van der Waals surface area (Å²) < 4.78 is 0. The predicted octanol–water partition coefficient (Wildman–Crippen LogP) is 4.54. The molecule has 0 fully saturated rings. The van der Waals surface area contributed by atoms with Crippen molar-refractivity contribution >= 4 is 23.3 Å². The Morgan fingerprint density at radius 2 is 1.09 bits per heavy atom. The van der Waals surface area contributed by atoms with Crippen LogP contribution in [0.1, 0.15) is 27.6 Å². The second-order valence-electron chi connectivity index (χ2n) is 7.29. The molecule has 32 heavy (non-hydrogen) atoms. The van der Waals surface area contributed by atoms with Crippen LogP contribution in [0.25, 0.3) is 33.8 Å². The minimum atomic E-state index is -1.01. The number of aromatic nitrogens is 2. The molecule has 0 atom stereocenters. The molecule has 3 aromatic carbocycles. The molecule has 0 spiro atoms. The van der Waals surface area contributed by atoms with Crippen molar-refractivity contribution in [3.8, 4) is 33.8 Å². The molecule has 0 bridgehead atoms. The van der Waals surface area contributed by atoms with Crippen LogP contribution in [-0.4, -0.2) is 26.8 Å². The number of ketones is 1. The first-order chi connectivity index (χ1) is 15.3. The number of nitrogens with two attached hydrogens (primary N) is 2. The van der Waals surface area contributed by atoms with Crippen molar-refractivity contribution in [2.75, 3.05) is 11.5 Å². The number of rotatable bonds is 5. The van der Waals surface area contributed by atoms with Crippen LogP contribution >= 0.6 is 0 Å². The molecule has 0 unspecified atom stereocenters. The van der Waals surface area contributed by atoms with E-state index in [0.29, 0.717) is 33.9 Å². The van der Waals surface area contributed by atoms with E-state index in [-0.39, 0.29) is 17.2 Å². The van der Waals surface area contributed by atoms with Crippen LogP contribution in [0, 0.1) is 0 Å². The second-order valence-corrected chi connectivity index (χ2v) is 7.29. The number of nitrogens with zero attached hydrogens (tertiary/aromatic N) is 2. The summed E-state index contributed by atoms with van der Waals surface area (Å²) in [5.74, 6) is -0.832. The molecule has 4 aromatic rings. The highest BCUT2D eigenvalue weighted by Crippen LogP contribution is 2.34.